The number of fused-ring (bicyclic) bond motifs is 2. The Hall–Kier alpha value is -3.20. The average molecular weight is 430 g/mol. The Morgan fingerprint density at radius 3 is 2.03 bits per heavy atom. The van der Waals surface area contributed by atoms with Crippen LogP contribution in [0.2, 0.25) is 0 Å². The van der Waals surface area contributed by atoms with Crippen molar-refractivity contribution in [3.63, 3.8) is 0 Å². The number of rotatable bonds is 3. The number of nitrogens with one attached hydrogen (secondary N) is 1. The van der Waals surface area contributed by atoms with Crippen molar-refractivity contribution >= 4 is 27.6 Å². The summed E-state index contributed by atoms with van der Waals surface area (Å²) >= 11 is 0. The van der Waals surface area contributed by atoms with Crippen LogP contribution in [-0.4, -0.2) is 10.8 Å². The second-order valence-electron chi connectivity index (χ2n) is 8.16. The average Bonchev–Trinajstić information content (AvgIpc) is 2.81. The topological polar surface area (TPSA) is 49.9 Å². The molecular formula is C29H35NO2. The molecular weight excluding hydrogens is 394 g/mol. The van der Waals surface area contributed by atoms with Crippen LogP contribution in [0.4, 0.5) is 0 Å². The maximum Gasteiger partial charge on any atom is 0.197 e. The molecule has 4 rings (SSSR count). The van der Waals surface area contributed by atoms with Crippen LogP contribution in [0.15, 0.2) is 65.5 Å². The standard InChI is InChI=1S/C22H17NO2.C5H12.C2H6/c1-13-7-3-4-8-15(13)21(24)17-12-20-18(11-14(17)2)22(25)16-9-5-6-10-19(16)23-20;1-4-5(2)3;1-2/h3-12H,1-2H3,(H,23,25);5H,4H2,1-3H3;1-2H3. The summed E-state index contributed by atoms with van der Waals surface area (Å²) in [4.78, 5) is 29.0. The number of hydrogen-bond donors (Lipinski definition) is 1. The molecule has 0 aliphatic carbocycles. The Bertz CT molecular complexity index is 1270. The van der Waals surface area contributed by atoms with E-state index in [0.717, 1.165) is 22.6 Å². The molecule has 0 unspecified atom stereocenters. The van der Waals surface area contributed by atoms with Gasteiger partial charge in [0, 0.05) is 27.4 Å². The molecule has 32 heavy (non-hydrogen) atoms. The summed E-state index contributed by atoms with van der Waals surface area (Å²) < 4.78 is 0. The van der Waals surface area contributed by atoms with Crippen molar-refractivity contribution < 1.29 is 4.79 Å². The van der Waals surface area contributed by atoms with Crippen LogP contribution in [0.1, 0.15) is 68.1 Å². The first-order valence-electron chi connectivity index (χ1n) is 11.5. The Morgan fingerprint density at radius 1 is 0.812 bits per heavy atom. The van der Waals surface area contributed by atoms with E-state index < -0.39 is 0 Å². The third kappa shape index (κ3) is 5.53. The second kappa shape index (κ2) is 11.4. The lowest BCUT2D eigenvalue weighted by molar-refractivity contribution is 0.103. The Balaban J connectivity index is 0.000000460. The van der Waals surface area contributed by atoms with Gasteiger partial charge in [0.1, 0.15) is 0 Å². The van der Waals surface area contributed by atoms with Crippen molar-refractivity contribution in [3.8, 4) is 0 Å². The van der Waals surface area contributed by atoms with Crippen molar-refractivity contribution in [3.05, 3.63) is 93.1 Å². The zero-order chi connectivity index (χ0) is 23.8. The minimum Gasteiger partial charge on any atom is -0.354 e. The molecule has 3 aromatic carbocycles. The molecule has 1 heterocycles. The minimum absolute atomic E-state index is 0.0117. The van der Waals surface area contributed by atoms with Crippen LogP contribution in [0.3, 0.4) is 0 Å². The summed E-state index contributed by atoms with van der Waals surface area (Å²) in [6.45, 7) is 14.4. The first kappa shape index (κ1) is 25.1. The Kier molecular flexibility index (Phi) is 8.95. The van der Waals surface area contributed by atoms with E-state index in [4.69, 9.17) is 0 Å². The lowest BCUT2D eigenvalue weighted by Crippen LogP contribution is -2.09. The van der Waals surface area contributed by atoms with E-state index in [1.807, 2.05) is 82.3 Å². The van der Waals surface area contributed by atoms with Gasteiger partial charge in [0.2, 0.25) is 0 Å². The third-order valence-corrected chi connectivity index (χ3v) is 5.50. The first-order chi connectivity index (χ1) is 15.3. The predicted octanol–water partition coefficient (Wildman–Crippen LogP) is 7.61. The van der Waals surface area contributed by atoms with Gasteiger partial charge in [0.25, 0.3) is 0 Å². The van der Waals surface area contributed by atoms with Crippen molar-refractivity contribution in [2.75, 3.05) is 0 Å². The number of benzene rings is 3. The zero-order valence-corrected chi connectivity index (χ0v) is 20.4. The fourth-order valence-electron chi connectivity index (χ4n) is 3.30. The number of aromatic amines is 1. The molecule has 0 spiro atoms. The molecule has 0 bridgehead atoms. The van der Waals surface area contributed by atoms with Gasteiger partial charge in [-0.2, -0.15) is 0 Å². The number of hydrogen-bond acceptors (Lipinski definition) is 2. The van der Waals surface area contributed by atoms with E-state index in [1.165, 1.54) is 6.42 Å². The van der Waals surface area contributed by atoms with Crippen LogP contribution in [0, 0.1) is 19.8 Å². The van der Waals surface area contributed by atoms with E-state index in [9.17, 15) is 9.59 Å². The van der Waals surface area contributed by atoms with Gasteiger partial charge < -0.3 is 4.98 Å². The molecule has 4 aromatic rings. The van der Waals surface area contributed by atoms with E-state index in [1.54, 1.807) is 6.07 Å². The quantitative estimate of drug-likeness (QED) is 0.269. The first-order valence-corrected chi connectivity index (χ1v) is 11.5. The summed E-state index contributed by atoms with van der Waals surface area (Å²) in [6.07, 6.45) is 1.31. The van der Waals surface area contributed by atoms with E-state index in [0.29, 0.717) is 27.4 Å². The largest absolute Gasteiger partial charge is 0.354 e. The maximum absolute atomic E-state index is 13.0. The molecule has 0 aliphatic rings. The normalized spacial score (nSPS) is 10.4. The molecule has 0 atom stereocenters. The molecule has 168 valence electrons. The number of aryl methyl sites for hydroxylation is 2. The van der Waals surface area contributed by atoms with Gasteiger partial charge in [0.15, 0.2) is 11.2 Å². The SMILES string of the molecule is CC.CCC(C)C.Cc1ccccc1C(=O)c1cc2[nH]c3ccccc3c(=O)c2cc1C. The van der Waals surface area contributed by atoms with Gasteiger partial charge in [-0.1, -0.05) is 77.4 Å². The number of ketones is 1. The van der Waals surface area contributed by atoms with Gasteiger partial charge in [-0.05, 0) is 55.2 Å². The third-order valence-electron chi connectivity index (χ3n) is 5.50. The second-order valence-corrected chi connectivity index (χ2v) is 8.16. The van der Waals surface area contributed by atoms with E-state index in [-0.39, 0.29) is 11.2 Å². The van der Waals surface area contributed by atoms with E-state index >= 15 is 0 Å². The van der Waals surface area contributed by atoms with Crippen LogP contribution in [-0.2, 0) is 0 Å². The lowest BCUT2D eigenvalue weighted by Gasteiger charge is -2.10. The predicted molar refractivity (Wildman–Crippen MR) is 138 cm³/mol. The molecule has 1 aromatic heterocycles. The van der Waals surface area contributed by atoms with Crippen LogP contribution in [0.5, 0.6) is 0 Å². The highest BCUT2D eigenvalue weighted by Crippen LogP contribution is 2.22. The number of aromatic nitrogens is 1. The maximum atomic E-state index is 13.0. The summed E-state index contributed by atoms with van der Waals surface area (Å²) in [5.41, 5.74) is 4.51. The van der Waals surface area contributed by atoms with Crippen molar-refractivity contribution in [1.29, 1.82) is 0 Å². The highest BCUT2D eigenvalue weighted by atomic mass is 16.1. The Morgan fingerprint density at radius 2 is 1.41 bits per heavy atom. The number of pyridine rings is 1. The summed E-state index contributed by atoms with van der Waals surface area (Å²) in [6, 6.07) is 18.6. The number of carbonyl (C=O) groups excluding carboxylic acids is 1. The molecule has 1 N–H and O–H groups in total. The molecule has 0 aliphatic heterocycles. The molecule has 0 amide bonds. The highest BCUT2D eigenvalue weighted by Gasteiger charge is 2.16. The summed E-state index contributed by atoms with van der Waals surface area (Å²) in [7, 11) is 0. The zero-order valence-electron chi connectivity index (χ0n) is 20.4. The van der Waals surface area contributed by atoms with Gasteiger partial charge in [-0.25, -0.2) is 0 Å². The van der Waals surface area contributed by atoms with Crippen molar-refractivity contribution in [2.24, 2.45) is 5.92 Å². The molecule has 0 radical (unpaired) electrons. The fourth-order valence-corrected chi connectivity index (χ4v) is 3.30. The van der Waals surface area contributed by atoms with Crippen LogP contribution < -0.4 is 5.43 Å². The summed E-state index contributed by atoms with van der Waals surface area (Å²) in [5.74, 6) is 0.863. The molecule has 0 saturated carbocycles. The van der Waals surface area contributed by atoms with E-state index in [2.05, 4.69) is 25.8 Å². The summed E-state index contributed by atoms with van der Waals surface area (Å²) in [5, 5.41) is 1.27. The monoisotopic (exact) mass is 429 g/mol. The number of para-hydroxylation sites is 1. The lowest BCUT2D eigenvalue weighted by atomic mass is 9.94. The molecule has 0 saturated heterocycles. The molecule has 3 heteroatoms. The minimum atomic E-state index is -0.0218. The van der Waals surface area contributed by atoms with Gasteiger partial charge >= 0.3 is 0 Å². The number of carbonyl (C=O) groups is 1. The van der Waals surface area contributed by atoms with Crippen molar-refractivity contribution in [1.82, 2.24) is 4.98 Å². The molecule has 3 nitrogen and oxygen atoms in total. The molecule has 0 fully saturated rings. The van der Waals surface area contributed by atoms with Crippen molar-refractivity contribution in [2.45, 2.75) is 54.9 Å². The van der Waals surface area contributed by atoms with Gasteiger partial charge in [0.05, 0.1) is 5.52 Å². The van der Waals surface area contributed by atoms with Gasteiger partial charge in [-0.15, -0.1) is 0 Å². The van der Waals surface area contributed by atoms with Crippen LogP contribution >= 0.6 is 0 Å². The van der Waals surface area contributed by atoms with Crippen LogP contribution in [0.25, 0.3) is 21.8 Å². The Labute approximate surface area is 191 Å². The highest BCUT2D eigenvalue weighted by molar-refractivity contribution is 6.12. The van der Waals surface area contributed by atoms with Gasteiger partial charge in [-0.3, -0.25) is 9.59 Å². The number of H-pyrrole nitrogens is 1. The smallest absolute Gasteiger partial charge is 0.197 e. The fraction of sp³-hybridized carbons (Fsp3) is 0.310.